The van der Waals surface area contributed by atoms with Crippen LogP contribution in [0.4, 0.5) is 0 Å². The maximum Gasteiger partial charge on any atom is 0.231 e. The highest BCUT2D eigenvalue weighted by molar-refractivity contribution is 5.68. The zero-order chi connectivity index (χ0) is 16.5. The van der Waals surface area contributed by atoms with Gasteiger partial charge in [-0.15, -0.1) is 5.10 Å². The van der Waals surface area contributed by atoms with Gasteiger partial charge in [-0.3, -0.25) is 0 Å². The molecule has 0 unspecified atom stereocenters. The molecule has 0 bridgehead atoms. The molecule has 0 saturated carbocycles. The van der Waals surface area contributed by atoms with E-state index in [0.29, 0.717) is 29.4 Å². The molecular weight excluding hydrogens is 304 g/mol. The van der Waals surface area contributed by atoms with Gasteiger partial charge in [-0.2, -0.15) is 5.26 Å². The molecule has 1 aliphatic heterocycles. The van der Waals surface area contributed by atoms with E-state index in [0.717, 1.165) is 11.1 Å². The highest BCUT2D eigenvalue weighted by Gasteiger charge is 2.19. The Morgan fingerprint density at radius 3 is 2.71 bits per heavy atom. The van der Waals surface area contributed by atoms with E-state index in [2.05, 4.69) is 28.5 Å². The van der Waals surface area contributed by atoms with E-state index in [4.69, 9.17) is 9.47 Å². The van der Waals surface area contributed by atoms with Crippen molar-refractivity contribution in [2.75, 3.05) is 6.79 Å². The molecule has 0 radical (unpaired) electrons. The van der Waals surface area contributed by atoms with Gasteiger partial charge in [0.15, 0.2) is 17.2 Å². The number of aromatic nitrogens is 3. The van der Waals surface area contributed by atoms with Crippen LogP contribution in [0.2, 0.25) is 0 Å². The molecule has 2 aromatic carbocycles. The highest BCUT2D eigenvalue weighted by Crippen LogP contribution is 2.36. The van der Waals surface area contributed by atoms with Crippen LogP contribution in [0.3, 0.4) is 0 Å². The van der Waals surface area contributed by atoms with Gasteiger partial charge in [0, 0.05) is 5.56 Å². The molecule has 118 valence electrons. The number of hydrogen-bond acceptors (Lipinski definition) is 5. The molecule has 0 aliphatic carbocycles. The molecule has 6 heteroatoms. The minimum atomic E-state index is 0.213. The summed E-state index contributed by atoms with van der Waals surface area (Å²) in [6, 6.07) is 15.9. The van der Waals surface area contributed by atoms with Crippen molar-refractivity contribution in [3.05, 3.63) is 59.3 Å². The standard InChI is InChI=1S/C18H14N4O2/c1-12-2-4-13(5-3-12)10-22-18(15(9-19)20-21-22)14-6-7-16-17(8-14)24-11-23-16/h2-8H,10-11H2,1H3. The molecule has 0 spiro atoms. The summed E-state index contributed by atoms with van der Waals surface area (Å²) >= 11 is 0. The van der Waals surface area contributed by atoms with Crippen molar-refractivity contribution >= 4 is 0 Å². The molecule has 0 atom stereocenters. The predicted octanol–water partition coefficient (Wildman–Crippen LogP) is 2.90. The van der Waals surface area contributed by atoms with Crippen LogP contribution in [0, 0.1) is 18.3 Å². The average molecular weight is 318 g/mol. The van der Waals surface area contributed by atoms with Crippen molar-refractivity contribution in [1.29, 1.82) is 5.26 Å². The van der Waals surface area contributed by atoms with E-state index < -0.39 is 0 Å². The average Bonchev–Trinajstić information content (AvgIpc) is 3.22. The van der Waals surface area contributed by atoms with E-state index in [1.165, 1.54) is 5.56 Å². The number of fused-ring (bicyclic) bond motifs is 1. The van der Waals surface area contributed by atoms with Gasteiger partial charge in [-0.1, -0.05) is 35.0 Å². The summed E-state index contributed by atoms with van der Waals surface area (Å²) in [5.74, 6) is 1.37. The first-order valence-electron chi connectivity index (χ1n) is 7.54. The molecule has 6 nitrogen and oxygen atoms in total. The van der Waals surface area contributed by atoms with Crippen LogP contribution in [0.25, 0.3) is 11.3 Å². The zero-order valence-corrected chi connectivity index (χ0v) is 13.1. The monoisotopic (exact) mass is 318 g/mol. The lowest BCUT2D eigenvalue weighted by Crippen LogP contribution is -2.04. The topological polar surface area (TPSA) is 73.0 Å². The van der Waals surface area contributed by atoms with Gasteiger partial charge in [0.05, 0.1) is 6.54 Å². The first kappa shape index (κ1) is 14.3. The van der Waals surface area contributed by atoms with Crippen LogP contribution in [-0.2, 0) is 6.54 Å². The molecule has 2 heterocycles. The summed E-state index contributed by atoms with van der Waals surface area (Å²) in [6.45, 7) is 2.80. The molecule has 3 aromatic rings. The lowest BCUT2D eigenvalue weighted by molar-refractivity contribution is 0.174. The highest BCUT2D eigenvalue weighted by atomic mass is 16.7. The number of rotatable bonds is 3. The van der Waals surface area contributed by atoms with Crippen molar-refractivity contribution in [2.45, 2.75) is 13.5 Å². The van der Waals surface area contributed by atoms with Gasteiger partial charge in [-0.25, -0.2) is 4.68 Å². The Morgan fingerprint density at radius 2 is 1.92 bits per heavy atom. The fraction of sp³-hybridized carbons (Fsp3) is 0.167. The number of nitrogens with zero attached hydrogens (tertiary/aromatic N) is 4. The van der Waals surface area contributed by atoms with Crippen molar-refractivity contribution in [3.63, 3.8) is 0 Å². The predicted molar refractivity (Wildman–Crippen MR) is 86.6 cm³/mol. The van der Waals surface area contributed by atoms with E-state index in [1.54, 1.807) is 4.68 Å². The Bertz CT molecular complexity index is 939. The van der Waals surface area contributed by atoms with Crippen molar-refractivity contribution in [2.24, 2.45) is 0 Å². The second-order valence-corrected chi connectivity index (χ2v) is 5.61. The molecule has 24 heavy (non-hydrogen) atoms. The quantitative estimate of drug-likeness (QED) is 0.742. The van der Waals surface area contributed by atoms with Gasteiger partial charge < -0.3 is 9.47 Å². The summed E-state index contributed by atoms with van der Waals surface area (Å²) in [7, 11) is 0. The summed E-state index contributed by atoms with van der Waals surface area (Å²) in [4.78, 5) is 0. The molecule has 4 rings (SSSR count). The van der Waals surface area contributed by atoms with Crippen molar-refractivity contribution in [1.82, 2.24) is 15.0 Å². The SMILES string of the molecule is Cc1ccc(Cn2nnc(C#N)c2-c2ccc3c(c2)OCO3)cc1. The normalized spacial score (nSPS) is 12.2. The number of benzene rings is 2. The van der Waals surface area contributed by atoms with Gasteiger partial charge in [0.2, 0.25) is 6.79 Å². The fourth-order valence-electron chi connectivity index (χ4n) is 2.70. The Balaban J connectivity index is 1.76. The zero-order valence-electron chi connectivity index (χ0n) is 13.1. The number of hydrogen-bond donors (Lipinski definition) is 0. The second-order valence-electron chi connectivity index (χ2n) is 5.61. The third-order valence-corrected chi connectivity index (χ3v) is 3.94. The molecule has 0 N–H and O–H groups in total. The van der Waals surface area contributed by atoms with E-state index in [-0.39, 0.29) is 6.79 Å². The van der Waals surface area contributed by atoms with Crippen LogP contribution in [-0.4, -0.2) is 21.8 Å². The smallest absolute Gasteiger partial charge is 0.231 e. The minimum Gasteiger partial charge on any atom is -0.454 e. The van der Waals surface area contributed by atoms with Crippen molar-refractivity contribution < 1.29 is 9.47 Å². The van der Waals surface area contributed by atoms with Gasteiger partial charge in [0.25, 0.3) is 0 Å². The Kier molecular flexibility index (Phi) is 3.39. The first-order chi connectivity index (χ1) is 11.7. The molecule has 1 aliphatic rings. The fourth-order valence-corrected chi connectivity index (χ4v) is 2.70. The van der Waals surface area contributed by atoms with Gasteiger partial charge >= 0.3 is 0 Å². The molecular formula is C18H14N4O2. The molecule has 0 amide bonds. The summed E-state index contributed by atoms with van der Waals surface area (Å²) in [5, 5.41) is 17.5. The summed E-state index contributed by atoms with van der Waals surface area (Å²) in [6.07, 6.45) is 0. The van der Waals surface area contributed by atoms with Crippen LogP contribution in [0.15, 0.2) is 42.5 Å². The number of nitriles is 1. The third kappa shape index (κ3) is 2.46. The first-order valence-corrected chi connectivity index (χ1v) is 7.54. The van der Waals surface area contributed by atoms with Crippen LogP contribution >= 0.6 is 0 Å². The molecule has 0 saturated heterocycles. The van der Waals surface area contributed by atoms with Crippen LogP contribution < -0.4 is 9.47 Å². The Labute approximate surface area is 138 Å². The Morgan fingerprint density at radius 1 is 1.12 bits per heavy atom. The number of ether oxygens (including phenoxy) is 2. The van der Waals surface area contributed by atoms with Gasteiger partial charge in [-0.05, 0) is 30.7 Å². The molecule has 0 fully saturated rings. The van der Waals surface area contributed by atoms with Crippen LogP contribution in [0.1, 0.15) is 16.8 Å². The summed E-state index contributed by atoms with van der Waals surface area (Å²) in [5.41, 5.74) is 4.09. The second kappa shape index (κ2) is 5.70. The molecule has 1 aromatic heterocycles. The maximum absolute atomic E-state index is 9.37. The van der Waals surface area contributed by atoms with Crippen LogP contribution in [0.5, 0.6) is 11.5 Å². The van der Waals surface area contributed by atoms with E-state index in [9.17, 15) is 5.26 Å². The largest absolute Gasteiger partial charge is 0.454 e. The minimum absolute atomic E-state index is 0.213. The van der Waals surface area contributed by atoms with Gasteiger partial charge in [0.1, 0.15) is 11.8 Å². The Hall–Kier alpha value is -3.33. The van der Waals surface area contributed by atoms with E-state index >= 15 is 0 Å². The van der Waals surface area contributed by atoms with E-state index in [1.807, 2.05) is 37.3 Å². The lowest BCUT2D eigenvalue weighted by atomic mass is 10.1. The summed E-state index contributed by atoms with van der Waals surface area (Å²) < 4.78 is 12.5. The maximum atomic E-state index is 9.37. The third-order valence-electron chi connectivity index (χ3n) is 3.94. The van der Waals surface area contributed by atoms with Crippen molar-refractivity contribution in [3.8, 4) is 28.8 Å². The number of aryl methyl sites for hydroxylation is 1. The lowest BCUT2D eigenvalue weighted by Gasteiger charge is -2.08.